The molecule has 0 unspecified atom stereocenters. The van der Waals surface area contributed by atoms with Crippen molar-refractivity contribution in [3.63, 3.8) is 0 Å². The van der Waals surface area contributed by atoms with Gasteiger partial charge in [0.15, 0.2) is 15.7 Å². The summed E-state index contributed by atoms with van der Waals surface area (Å²) in [5, 5.41) is 8.43. The molecule has 2 heterocycles. The fraction of sp³-hybridized carbons (Fsp3) is 0.429. The fourth-order valence-corrected chi connectivity index (χ4v) is 3.63. The number of benzene rings is 1. The first-order valence-corrected chi connectivity index (χ1v) is 8.69. The molecule has 1 aromatic carbocycles. The number of rotatable bonds is 2. The Hall–Kier alpha value is -1.89. The first-order valence-electron chi connectivity index (χ1n) is 6.86. The SMILES string of the molecule is CN(C)c1cccc(-c2nnc3n2CCS(=O)(=O)CC3)c1. The molecule has 6 nitrogen and oxygen atoms in total. The normalized spacial score (nSPS) is 17.0. The number of fused-ring (bicyclic) bond motifs is 1. The zero-order valence-electron chi connectivity index (χ0n) is 12.2. The van der Waals surface area contributed by atoms with Crippen LogP contribution in [-0.4, -0.2) is 48.8 Å². The van der Waals surface area contributed by atoms with E-state index in [2.05, 4.69) is 10.2 Å². The van der Waals surface area contributed by atoms with Gasteiger partial charge in [-0.05, 0) is 12.1 Å². The molecule has 0 fully saturated rings. The van der Waals surface area contributed by atoms with E-state index in [1.807, 2.05) is 47.8 Å². The minimum atomic E-state index is -2.97. The van der Waals surface area contributed by atoms with Crippen molar-refractivity contribution in [3.05, 3.63) is 30.1 Å². The van der Waals surface area contributed by atoms with Crippen LogP contribution in [0.1, 0.15) is 5.82 Å². The van der Waals surface area contributed by atoms with Crippen molar-refractivity contribution >= 4 is 15.5 Å². The molecule has 0 spiro atoms. The van der Waals surface area contributed by atoms with Crippen LogP contribution in [0, 0.1) is 0 Å². The van der Waals surface area contributed by atoms with Gasteiger partial charge in [-0.1, -0.05) is 12.1 Å². The molecule has 1 aromatic heterocycles. The molecule has 0 amide bonds. The summed E-state index contributed by atoms with van der Waals surface area (Å²) in [6.45, 7) is 0.423. The highest BCUT2D eigenvalue weighted by molar-refractivity contribution is 7.91. The van der Waals surface area contributed by atoms with Crippen molar-refractivity contribution in [2.45, 2.75) is 13.0 Å². The smallest absolute Gasteiger partial charge is 0.164 e. The monoisotopic (exact) mass is 306 g/mol. The van der Waals surface area contributed by atoms with Crippen LogP contribution in [0.5, 0.6) is 0 Å². The standard InChI is InChI=1S/C14H18N4O2S/c1-17(2)12-5-3-4-11(10-12)14-16-15-13-6-8-21(19,20)9-7-18(13)14/h3-5,10H,6-9H2,1-2H3. The highest BCUT2D eigenvalue weighted by atomic mass is 32.2. The average Bonchev–Trinajstić information content (AvgIpc) is 2.80. The second-order valence-electron chi connectivity index (χ2n) is 5.44. The summed E-state index contributed by atoms with van der Waals surface area (Å²) in [7, 11) is 0.990. The van der Waals surface area contributed by atoms with Gasteiger partial charge in [0.1, 0.15) is 5.82 Å². The maximum absolute atomic E-state index is 11.8. The third-order valence-corrected chi connectivity index (χ3v) is 5.34. The van der Waals surface area contributed by atoms with Gasteiger partial charge in [-0.15, -0.1) is 10.2 Å². The zero-order valence-corrected chi connectivity index (χ0v) is 13.0. The van der Waals surface area contributed by atoms with Gasteiger partial charge in [-0.3, -0.25) is 0 Å². The minimum Gasteiger partial charge on any atom is -0.378 e. The van der Waals surface area contributed by atoms with Gasteiger partial charge in [0.25, 0.3) is 0 Å². The average molecular weight is 306 g/mol. The number of aromatic nitrogens is 3. The number of hydrogen-bond acceptors (Lipinski definition) is 5. The Morgan fingerprint density at radius 3 is 2.76 bits per heavy atom. The predicted molar refractivity (Wildman–Crippen MR) is 82.1 cm³/mol. The minimum absolute atomic E-state index is 0.151. The molecule has 1 aliphatic rings. The Labute approximate surface area is 124 Å². The first-order chi connectivity index (χ1) is 9.96. The van der Waals surface area contributed by atoms with Gasteiger partial charge in [0, 0.05) is 38.3 Å². The molecule has 0 N–H and O–H groups in total. The van der Waals surface area contributed by atoms with Crippen molar-refractivity contribution in [3.8, 4) is 11.4 Å². The van der Waals surface area contributed by atoms with E-state index in [9.17, 15) is 8.42 Å². The highest BCUT2D eigenvalue weighted by Crippen LogP contribution is 2.24. The van der Waals surface area contributed by atoms with Gasteiger partial charge in [0.05, 0.1) is 11.5 Å². The van der Waals surface area contributed by atoms with Gasteiger partial charge < -0.3 is 9.47 Å². The van der Waals surface area contributed by atoms with Crippen molar-refractivity contribution in [2.24, 2.45) is 0 Å². The van der Waals surface area contributed by atoms with E-state index in [1.165, 1.54) is 0 Å². The van der Waals surface area contributed by atoms with Crippen LogP contribution in [-0.2, 0) is 22.8 Å². The van der Waals surface area contributed by atoms with E-state index in [4.69, 9.17) is 0 Å². The van der Waals surface area contributed by atoms with E-state index >= 15 is 0 Å². The summed E-state index contributed by atoms with van der Waals surface area (Å²) in [6, 6.07) is 8.01. The van der Waals surface area contributed by atoms with Crippen LogP contribution in [0.4, 0.5) is 5.69 Å². The van der Waals surface area contributed by atoms with E-state index in [-0.39, 0.29) is 11.5 Å². The number of nitrogens with zero attached hydrogens (tertiary/aromatic N) is 4. The van der Waals surface area contributed by atoms with Crippen molar-refractivity contribution in [2.75, 3.05) is 30.5 Å². The number of hydrogen-bond donors (Lipinski definition) is 0. The van der Waals surface area contributed by atoms with Crippen LogP contribution in [0.25, 0.3) is 11.4 Å². The first kappa shape index (κ1) is 14.1. The topological polar surface area (TPSA) is 68.1 Å². The number of aryl methyl sites for hydroxylation is 1. The Morgan fingerprint density at radius 1 is 1.19 bits per heavy atom. The molecular formula is C14H18N4O2S. The number of sulfone groups is 1. The summed E-state index contributed by atoms with van der Waals surface area (Å²) in [5.41, 5.74) is 2.03. The Kier molecular flexibility index (Phi) is 3.44. The van der Waals surface area contributed by atoms with Crippen LogP contribution in [0.15, 0.2) is 24.3 Å². The molecule has 112 valence electrons. The molecular weight excluding hydrogens is 288 g/mol. The molecule has 0 atom stereocenters. The predicted octanol–water partition coefficient (Wildman–Crippen LogP) is 0.982. The van der Waals surface area contributed by atoms with Crippen LogP contribution >= 0.6 is 0 Å². The van der Waals surface area contributed by atoms with Gasteiger partial charge in [0.2, 0.25) is 0 Å². The van der Waals surface area contributed by atoms with Crippen LogP contribution in [0.2, 0.25) is 0 Å². The Bertz CT molecular complexity index is 765. The molecule has 0 bridgehead atoms. The Morgan fingerprint density at radius 2 is 2.00 bits per heavy atom. The van der Waals surface area contributed by atoms with E-state index < -0.39 is 9.84 Å². The molecule has 3 rings (SSSR count). The van der Waals surface area contributed by atoms with Gasteiger partial charge in [-0.2, -0.15) is 0 Å². The summed E-state index contributed by atoms with van der Waals surface area (Å²) in [4.78, 5) is 2.02. The molecule has 0 aliphatic carbocycles. The molecule has 21 heavy (non-hydrogen) atoms. The fourth-order valence-electron chi connectivity index (χ4n) is 2.47. The third kappa shape index (κ3) is 2.78. The lowest BCUT2D eigenvalue weighted by molar-refractivity contribution is 0.593. The van der Waals surface area contributed by atoms with E-state index in [0.717, 1.165) is 22.9 Å². The molecule has 0 radical (unpaired) electrons. The largest absolute Gasteiger partial charge is 0.378 e. The lowest BCUT2D eigenvalue weighted by Crippen LogP contribution is -2.13. The van der Waals surface area contributed by atoms with Gasteiger partial charge in [-0.25, -0.2) is 8.42 Å². The quantitative estimate of drug-likeness (QED) is 0.827. The summed E-state index contributed by atoms with van der Waals surface area (Å²) < 4.78 is 25.5. The molecule has 2 aromatic rings. The summed E-state index contributed by atoms with van der Waals surface area (Å²) in [6.07, 6.45) is 0.433. The second kappa shape index (κ2) is 5.14. The molecule has 0 saturated carbocycles. The highest BCUT2D eigenvalue weighted by Gasteiger charge is 2.22. The maximum Gasteiger partial charge on any atom is 0.164 e. The maximum atomic E-state index is 11.8. The van der Waals surface area contributed by atoms with Crippen molar-refractivity contribution in [1.82, 2.24) is 14.8 Å². The third-order valence-electron chi connectivity index (χ3n) is 3.71. The van der Waals surface area contributed by atoms with E-state index in [1.54, 1.807) is 0 Å². The Balaban J connectivity index is 2.02. The van der Waals surface area contributed by atoms with E-state index in [0.29, 0.717) is 13.0 Å². The number of anilines is 1. The van der Waals surface area contributed by atoms with Gasteiger partial charge >= 0.3 is 0 Å². The second-order valence-corrected chi connectivity index (χ2v) is 7.74. The van der Waals surface area contributed by atoms with Crippen LogP contribution < -0.4 is 4.90 Å². The zero-order chi connectivity index (χ0) is 15.0. The van der Waals surface area contributed by atoms with Crippen molar-refractivity contribution < 1.29 is 8.42 Å². The lowest BCUT2D eigenvalue weighted by Gasteiger charge is -2.14. The van der Waals surface area contributed by atoms with Crippen LogP contribution in [0.3, 0.4) is 0 Å². The lowest BCUT2D eigenvalue weighted by atomic mass is 10.2. The summed E-state index contributed by atoms with van der Waals surface area (Å²) in [5.74, 6) is 1.80. The molecule has 0 saturated heterocycles. The van der Waals surface area contributed by atoms with Crippen molar-refractivity contribution in [1.29, 1.82) is 0 Å². The summed E-state index contributed by atoms with van der Waals surface area (Å²) >= 11 is 0. The molecule has 7 heteroatoms. The molecule has 1 aliphatic heterocycles.